The summed E-state index contributed by atoms with van der Waals surface area (Å²) >= 11 is 0. The van der Waals surface area contributed by atoms with Crippen LogP contribution in [0.1, 0.15) is 11.1 Å². The van der Waals surface area contributed by atoms with Crippen molar-refractivity contribution in [1.29, 1.82) is 0 Å². The number of hydrogen-bond acceptors (Lipinski definition) is 3. The van der Waals surface area contributed by atoms with Crippen LogP contribution in [0.15, 0.2) is 42.5 Å². The van der Waals surface area contributed by atoms with Crippen LogP contribution in [0.25, 0.3) is 0 Å². The highest BCUT2D eigenvalue weighted by atomic mass is 16.5. The van der Waals surface area contributed by atoms with Crippen LogP contribution in [-0.4, -0.2) is 13.7 Å². The summed E-state index contributed by atoms with van der Waals surface area (Å²) in [5, 5.41) is 3.36. The van der Waals surface area contributed by atoms with Crippen molar-refractivity contribution in [1.82, 2.24) is 0 Å². The molecule has 0 aromatic heterocycles. The maximum atomic E-state index is 5.96. The van der Waals surface area contributed by atoms with Gasteiger partial charge in [-0.05, 0) is 48.7 Å². The quantitative estimate of drug-likeness (QED) is 0.807. The van der Waals surface area contributed by atoms with E-state index in [0.717, 1.165) is 30.1 Å². The highest BCUT2D eigenvalue weighted by Gasteiger charge is 1.99. The molecule has 2 aromatic rings. The van der Waals surface area contributed by atoms with E-state index in [1.54, 1.807) is 7.11 Å². The van der Waals surface area contributed by atoms with E-state index in [1.807, 2.05) is 31.2 Å². The number of nitrogens with one attached hydrogen (secondary N) is 1. The van der Waals surface area contributed by atoms with Gasteiger partial charge in [-0.1, -0.05) is 18.2 Å². The van der Waals surface area contributed by atoms with Crippen LogP contribution in [0.4, 0.5) is 11.4 Å². The minimum absolute atomic E-state index is 0.801. The van der Waals surface area contributed by atoms with Gasteiger partial charge in [-0.2, -0.15) is 0 Å². The monoisotopic (exact) mass is 256 g/mol. The molecule has 2 aromatic carbocycles. The van der Waals surface area contributed by atoms with Gasteiger partial charge in [-0.25, -0.2) is 0 Å². The molecular formula is C16H20N2O. The van der Waals surface area contributed by atoms with Crippen LogP contribution in [0, 0.1) is 6.92 Å². The molecule has 0 atom stereocenters. The summed E-state index contributed by atoms with van der Waals surface area (Å²) in [4.78, 5) is 0. The van der Waals surface area contributed by atoms with Crippen LogP contribution in [0.3, 0.4) is 0 Å². The first kappa shape index (κ1) is 13.3. The minimum atomic E-state index is 0.801. The molecule has 0 heterocycles. The zero-order valence-electron chi connectivity index (χ0n) is 11.4. The highest BCUT2D eigenvalue weighted by Crippen LogP contribution is 2.19. The molecule has 0 unspecified atom stereocenters. The van der Waals surface area contributed by atoms with Crippen molar-refractivity contribution in [3.05, 3.63) is 53.6 Å². The highest BCUT2D eigenvalue weighted by molar-refractivity contribution is 5.66. The second-order valence-corrected chi connectivity index (χ2v) is 4.62. The maximum Gasteiger partial charge on any atom is 0.118 e. The van der Waals surface area contributed by atoms with Crippen molar-refractivity contribution in [3.8, 4) is 5.75 Å². The zero-order chi connectivity index (χ0) is 13.7. The Hall–Kier alpha value is -2.16. The molecule has 0 radical (unpaired) electrons. The third kappa shape index (κ3) is 3.65. The lowest BCUT2D eigenvalue weighted by molar-refractivity contribution is 0.414. The lowest BCUT2D eigenvalue weighted by Crippen LogP contribution is -2.07. The molecule has 0 bridgehead atoms. The van der Waals surface area contributed by atoms with Crippen molar-refractivity contribution >= 4 is 11.4 Å². The second-order valence-electron chi connectivity index (χ2n) is 4.62. The molecule has 0 spiro atoms. The number of methoxy groups -OCH3 is 1. The van der Waals surface area contributed by atoms with E-state index in [1.165, 1.54) is 11.1 Å². The van der Waals surface area contributed by atoms with E-state index in [-0.39, 0.29) is 0 Å². The fraction of sp³-hybridized carbons (Fsp3) is 0.250. The minimum Gasteiger partial charge on any atom is -0.497 e. The Bertz CT molecular complexity index is 535. The number of ether oxygens (including phenoxy) is 1. The molecule has 0 saturated carbocycles. The second kappa shape index (κ2) is 6.14. The molecule has 0 fully saturated rings. The largest absolute Gasteiger partial charge is 0.497 e. The summed E-state index contributed by atoms with van der Waals surface area (Å²) in [6, 6.07) is 14.2. The molecule has 19 heavy (non-hydrogen) atoms. The summed E-state index contributed by atoms with van der Waals surface area (Å²) in [6.45, 7) is 2.90. The van der Waals surface area contributed by atoms with E-state index in [2.05, 4.69) is 23.5 Å². The normalized spacial score (nSPS) is 10.2. The molecule has 0 aliphatic carbocycles. The van der Waals surface area contributed by atoms with Gasteiger partial charge in [0.2, 0.25) is 0 Å². The van der Waals surface area contributed by atoms with E-state index in [0.29, 0.717) is 0 Å². The van der Waals surface area contributed by atoms with E-state index in [4.69, 9.17) is 10.5 Å². The van der Waals surface area contributed by atoms with Crippen LogP contribution < -0.4 is 15.8 Å². The molecular weight excluding hydrogens is 236 g/mol. The van der Waals surface area contributed by atoms with Crippen molar-refractivity contribution in [2.45, 2.75) is 13.3 Å². The van der Waals surface area contributed by atoms with E-state index >= 15 is 0 Å². The Morgan fingerprint density at radius 3 is 2.47 bits per heavy atom. The number of anilines is 2. The lowest BCUT2D eigenvalue weighted by Gasteiger charge is -2.10. The number of nitrogen functional groups attached to an aromatic ring is 1. The average Bonchev–Trinajstić information content (AvgIpc) is 2.42. The van der Waals surface area contributed by atoms with E-state index in [9.17, 15) is 0 Å². The van der Waals surface area contributed by atoms with Gasteiger partial charge in [-0.15, -0.1) is 0 Å². The molecule has 3 nitrogen and oxygen atoms in total. The third-order valence-corrected chi connectivity index (χ3v) is 3.10. The van der Waals surface area contributed by atoms with Gasteiger partial charge in [-0.3, -0.25) is 0 Å². The van der Waals surface area contributed by atoms with Gasteiger partial charge in [0, 0.05) is 6.54 Å². The summed E-state index contributed by atoms with van der Waals surface area (Å²) in [6.07, 6.45) is 0.956. The van der Waals surface area contributed by atoms with E-state index < -0.39 is 0 Å². The van der Waals surface area contributed by atoms with Gasteiger partial charge in [0.15, 0.2) is 0 Å². The first-order valence-corrected chi connectivity index (χ1v) is 6.42. The van der Waals surface area contributed by atoms with Crippen molar-refractivity contribution < 1.29 is 4.74 Å². The summed E-state index contributed by atoms with van der Waals surface area (Å²) in [5.74, 6) is 0.888. The Morgan fingerprint density at radius 1 is 1.11 bits per heavy atom. The van der Waals surface area contributed by atoms with Crippen LogP contribution in [0.2, 0.25) is 0 Å². The molecule has 0 amide bonds. The standard InChI is InChI=1S/C16H20N2O/c1-12-3-8-16(15(17)11-12)18-10-9-13-4-6-14(19-2)7-5-13/h3-8,11,18H,9-10,17H2,1-2H3. The number of rotatable bonds is 5. The summed E-state index contributed by atoms with van der Waals surface area (Å²) in [7, 11) is 1.68. The van der Waals surface area contributed by atoms with Crippen LogP contribution >= 0.6 is 0 Å². The van der Waals surface area contributed by atoms with Crippen molar-refractivity contribution in [3.63, 3.8) is 0 Å². The summed E-state index contributed by atoms with van der Waals surface area (Å²) < 4.78 is 5.14. The molecule has 3 heteroatoms. The van der Waals surface area contributed by atoms with Gasteiger partial charge in [0.1, 0.15) is 5.75 Å². The number of aryl methyl sites for hydroxylation is 1. The predicted molar refractivity (Wildman–Crippen MR) is 80.8 cm³/mol. The van der Waals surface area contributed by atoms with Gasteiger partial charge >= 0.3 is 0 Å². The van der Waals surface area contributed by atoms with Crippen LogP contribution in [-0.2, 0) is 6.42 Å². The molecule has 0 saturated heterocycles. The first-order chi connectivity index (χ1) is 9.19. The fourth-order valence-corrected chi connectivity index (χ4v) is 1.98. The molecule has 0 aliphatic heterocycles. The zero-order valence-corrected chi connectivity index (χ0v) is 11.4. The average molecular weight is 256 g/mol. The number of hydrogen-bond donors (Lipinski definition) is 2. The van der Waals surface area contributed by atoms with Gasteiger partial charge in [0.25, 0.3) is 0 Å². The predicted octanol–water partition coefficient (Wildman–Crippen LogP) is 3.24. The Balaban J connectivity index is 1.88. The Labute approximate surface area is 114 Å². The SMILES string of the molecule is COc1ccc(CCNc2ccc(C)cc2N)cc1. The molecule has 3 N–H and O–H groups in total. The smallest absolute Gasteiger partial charge is 0.118 e. The van der Waals surface area contributed by atoms with Gasteiger partial charge in [0.05, 0.1) is 18.5 Å². The lowest BCUT2D eigenvalue weighted by atomic mass is 10.1. The van der Waals surface area contributed by atoms with Gasteiger partial charge < -0.3 is 15.8 Å². The molecule has 2 rings (SSSR count). The third-order valence-electron chi connectivity index (χ3n) is 3.10. The topological polar surface area (TPSA) is 47.3 Å². The number of nitrogens with two attached hydrogens (primary N) is 1. The molecule has 0 aliphatic rings. The van der Waals surface area contributed by atoms with Crippen LogP contribution in [0.5, 0.6) is 5.75 Å². The number of benzene rings is 2. The molecule has 100 valence electrons. The Morgan fingerprint density at radius 2 is 1.84 bits per heavy atom. The van der Waals surface area contributed by atoms with Crippen molar-refractivity contribution in [2.24, 2.45) is 0 Å². The first-order valence-electron chi connectivity index (χ1n) is 6.42. The fourth-order valence-electron chi connectivity index (χ4n) is 1.98. The maximum absolute atomic E-state index is 5.96. The summed E-state index contributed by atoms with van der Waals surface area (Å²) in [5.41, 5.74) is 10.2. The Kier molecular flexibility index (Phi) is 4.29. The van der Waals surface area contributed by atoms with Crippen molar-refractivity contribution in [2.75, 3.05) is 24.7 Å².